The van der Waals surface area contributed by atoms with E-state index >= 15 is 0 Å². The number of benzene rings is 1. The van der Waals surface area contributed by atoms with E-state index in [-0.39, 0.29) is 0 Å². The van der Waals surface area contributed by atoms with Crippen LogP contribution in [0.2, 0.25) is 0 Å². The summed E-state index contributed by atoms with van der Waals surface area (Å²) in [6.07, 6.45) is 0. The van der Waals surface area contributed by atoms with Gasteiger partial charge in [0.2, 0.25) is 5.88 Å². The fraction of sp³-hybridized carbons (Fsp3) is 0.286. The predicted molar refractivity (Wildman–Crippen MR) is 74.8 cm³/mol. The van der Waals surface area contributed by atoms with Crippen molar-refractivity contribution in [3.05, 3.63) is 29.5 Å². The molecule has 0 amide bonds. The molecule has 0 aliphatic heterocycles. The summed E-state index contributed by atoms with van der Waals surface area (Å²) in [5.41, 5.74) is 7.69. The first-order chi connectivity index (χ1) is 9.60. The molecule has 0 unspecified atom stereocenters. The van der Waals surface area contributed by atoms with E-state index in [0.29, 0.717) is 35.2 Å². The van der Waals surface area contributed by atoms with Gasteiger partial charge >= 0.3 is 0 Å². The van der Waals surface area contributed by atoms with Crippen molar-refractivity contribution in [2.45, 2.75) is 20.4 Å². The third kappa shape index (κ3) is 2.38. The average Bonchev–Trinajstić information content (AvgIpc) is 2.75. The van der Waals surface area contributed by atoms with Crippen LogP contribution in [-0.4, -0.2) is 16.9 Å². The lowest BCUT2D eigenvalue weighted by Crippen LogP contribution is -2.01. The Bertz CT molecular complexity index is 671. The van der Waals surface area contributed by atoms with Gasteiger partial charge in [-0.1, -0.05) is 0 Å². The highest BCUT2D eigenvalue weighted by molar-refractivity contribution is 5.56. The van der Waals surface area contributed by atoms with Crippen LogP contribution in [0, 0.1) is 18.3 Å². The molecule has 6 heteroatoms. The molecule has 0 atom stereocenters. The Hall–Kier alpha value is -2.68. The summed E-state index contributed by atoms with van der Waals surface area (Å²) < 4.78 is 12.7. The highest BCUT2D eigenvalue weighted by Crippen LogP contribution is 2.35. The van der Waals surface area contributed by atoms with Crippen LogP contribution in [0.5, 0.6) is 17.4 Å². The molecule has 0 bridgehead atoms. The minimum Gasteiger partial charge on any atom is -0.493 e. The Balaban J connectivity index is 2.42. The van der Waals surface area contributed by atoms with Gasteiger partial charge in [0.25, 0.3) is 0 Å². The Kier molecular flexibility index (Phi) is 3.80. The van der Waals surface area contributed by atoms with E-state index in [0.717, 1.165) is 5.69 Å². The second kappa shape index (κ2) is 5.53. The van der Waals surface area contributed by atoms with Gasteiger partial charge in [0.15, 0.2) is 11.5 Å². The molecule has 0 saturated carbocycles. The van der Waals surface area contributed by atoms with Crippen molar-refractivity contribution in [3.63, 3.8) is 0 Å². The van der Waals surface area contributed by atoms with Gasteiger partial charge in [0.1, 0.15) is 5.69 Å². The Morgan fingerprint density at radius 3 is 2.75 bits per heavy atom. The molecule has 1 heterocycles. The van der Waals surface area contributed by atoms with E-state index in [9.17, 15) is 0 Å². The molecule has 0 spiro atoms. The minimum absolute atomic E-state index is 0.477. The molecule has 0 aliphatic carbocycles. The van der Waals surface area contributed by atoms with E-state index in [1.165, 1.54) is 7.11 Å². The summed E-state index contributed by atoms with van der Waals surface area (Å²) in [5, 5.41) is 13.2. The van der Waals surface area contributed by atoms with Crippen LogP contribution < -0.4 is 15.2 Å². The molecule has 0 fully saturated rings. The van der Waals surface area contributed by atoms with Gasteiger partial charge in [-0.05, 0) is 26.0 Å². The first-order valence-corrected chi connectivity index (χ1v) is 6.19. The van der Waals surface area contributed by atoms with E-state index < -0.39 is 0 Å². The standard InChI is InChI=1S/C14H16N4O2/c1-4-18-14(13(16)9(2)17-18)20-11-6-5-10(8-15)7-12(11)19-3/h5-7H,4,16H2,1-3H3. The maximum atomic E-state index is 8.89. The zero-order valence-electron chi connectivity index (χ0n) is 11.7. The van der Waals surface area contributed by atoms with E-state index in [4.69, 9.17) is 20.5 Å². The average molecular weight is 272 g/mol. The number of hydrogen-bond donors (Lipinski definition) is 1. The third-order valence-electron chi connectivity index (χ3n) is 2.92. The molecule has 0 radical (unpaired) electrons. The molecule has 1 aromatic carbocycles. The first kappa shape index (κ1) is 13.7. The van der Waals surface area contributed by atoms with Gasteiger partial charge in [-0.2, -0.15) is 10.4 Å². The maximum absolute atomic E-state index is 8.89. The number of nitrogen functional groups attached to an aromatic ring is 1. The maximum Gasteiger partial charge on any atom is 0.241 e. The summed E-state index contributed by atoms with van der Waals surface area (Å²) in [4.78, 5) is 0. The lowest BCUT2D eigenvalue weighted by atomic mass is 10.2. The molecule has 0 aliphatic rings. The summed E-state index contributed by atoms with van der Waals surface area (Å²) in [7, 11) is 1.52. The van der Waals surface area contributed by atoms with Crippen LogP contribution in [0.15, 0.2) is 18.2 Å². The Morgan fingerprint density at radius 1 is 1.40 bits per heavy atom. The van der Waals surface area contributed by atoms with Crippen molar-refractivity contribution in [1.29, 1.82) is 5.26 Å². The van der Waals surface area contributed by atoms with Gasteiger partial charge < -0.3 is 15.2 Å². The number of rotatable bonds is 4. The predicted octanol–water partition coefficient (Wildman–Crippen LogP) is 2.47. The van der Waals surface area contributed by atoms with Gasteiger partial charge in [-0.15, -0.1) is 0 Å². The summed E-state index contributed by atoms with van der Waals surface area (Å²) in [6.45, 7) is 4.42. The summed E-state index contributed by atoms with van der Waals surface area (Å²) in [5.74, 6) is 1.45. The molecule has 0 saturated heterocycles. The molecular formula is C14H16N4O2. The number of anilines is 1. The van der Waals surface area contributed by atoms with Crippen molar-refractivity contribution in [2.24, 2.45) is 0 Å². The molecule has 2 N–H and O–H groups in total. The number of ether oxygens (including phenoxy) is 2. The Labute approximate surface area is 117 Å². The van der Waals surface area contributed by atoms with Crippen molar-refractivity contribution >= 4 is 5.69 Å². The van der Waals surface area contributed by atoms with Gasteiger partial charge in [-0.25, -0.2) is 4.68 Å². The molecular weight excluding hydrogens is 256 g/mol. The topological polar surface area (TPSA) is 86.1 Å². The zero-order valence-corrected chi connectivity index (χ0v) is 11.7. The van der Waals surface area contributed by atoms with Crippen molar-refractivity contribution in [3.8, 4) is 23.4 Å². The van der Waals surface area contributed by atoms with Gasteiger partial charge in [0, 0.05) is 12.6 Å². The number of aromatic nitrogens is 2. The second-order valence-electron chi connectivity index (χ2n) is 4.20. The van der Waals surface area contributed by atoms with Crippen molar-refractivity contribution in [1.82, 2.24) is 9.78 Å². The first-order valence-electron chi connectivity index (χ1n) is 6.19. The SMILES string of the molecule is CCn1nc(C)c(N)c1Oc1ccc(C#N)cc1OC. The van der Waals surface area contributed by atoms with Crippen LogP contribution in [0.25, 0.3) is 0 Å². The number of methoxy groups -OCH3 is 1. The lowest BCUT2D eigenvalue weighted by molar-refractivity contribution is 0.362. The van der Waals surface area contributed by atoms with Crippen LogP contribution in [0.3, 0.4) is 0 Å². The van der Waals surface area contributed by atoms with E-state index in [2.05, 4.69) is 11.2 Å². The molecule has 2 rings (SSSR count). The van der Waals surface area contributed by atoms with Gasteiger partial charge in [-0.3, -0.25) is 0 Å². The van der Waals surface area contributed by atoms with Crippen molar-refractivity contribution in [2.75, 3.05) is 12.8 Å². The van der Waals surface area contributed by atoms with Crippen LogP contribution in [0.1, 0.15) is 18.2 Å². The highest BCUT2D eigenvalue weighted by Gasteiger charge is 2.16. The lowest BCUT2D eigenvalue weighted by Gasteiger charge is -2.11. The molecule has 1 aromatic heterocycles. The van der Waals surface area contributed by atoms with Crippen LogP contribution in [0.4, 0.5) is 5.69 Å². The fourth-order valence-corrected chi connectivity index (χ4v) is 1.82. The molecule has 6 nitrogen and oxygen atoms in total. The third-order valence-corrected chi connectivity index (χ3v) is 2.92. The summed E-state index contributed by atoms with van der Waals surface area (Å²) in [6, 6.07) is 7.01. The number of aryl methyl sites for hydroxylation is 2. The molecule has 104 valence electrons. The van der Waals surface area contributed by atoms with Crippen LogP contribution in [-0.2, 0) is 6.54 Å². The normalized spacial score (nSPS) is 10.1. The second-order valence-corrected chi connectivity index (χ2v) is 4.20. The summed E-state index contributed by atoms with van der Waals surface area (Å²) >= 11 is 0. The quantitative estimate of drug-likeness (QED) is 0.923. The zero-order chi connectivity index (χ0) is 14.7. The number of nitriles is 1. The van der Waals surface area contributed by atoms with Crippen LogP contribution >= 0.6 is 0 Å². The van der Waals surface area contributed by atoms with Gasteiger partial charge in [0.05, 0.1) is 24.4 Å². The molecule has 2 aromatic rings. The smallest absolute Gasteiger partial charge is 0.241 e. The largest absolute Gasteiger partial charge is 0.493 e. The monoisotopic (exact) mass is 272 g/mol. The fourth-order valence-electron chi connectivity index (χ4n) is 1.82. The number of nitrogens with zero attached hydrogens (tertiary/aromatic N) is 3. The van der Waals surface area contributed by atoms with E-state index in [1.54, 1.807) is 22.9 Å². The highest BCUT2D eigenvalue weighted by atomic mass is 16.5. The molecule has 20 heavy (non-hydrogen) atoms. The Morgan fingerprint density at radius 2 is 2.15 bits per heavy atom. The minimum atomic E-state index is 0.477. The van der Waals surface area contributed by atoms with Crippen molar-refractivity contribution < 1.29 is 9.47 Å². The number of nitrogens with two attached hydrogens (primary N) is 1. The van der Waals surface area contributed by atoms with E-state index in [1.807, 2.05) is 13.8 Å². The number of hydrogen-bond acceptors (Lipinski definition) is 5.